The molecule has 0 amide bonds. The maximum Gasteiger partial charge on any atom is 0.269 e. The molecule has 0 unspecified atom stereocenters. The summed E-state index contributed by atoms with van der Waals surface area (Å²) in [5, 5.41) is 17.2. The van der Waals surface area contributed by atoms with Gasteiger partial charge in [-0.1, -0.05) is 11.6 Å². The van der Waals surface area contributed by atoms with E-state index in [0.717, 1.165) is 5.01 Å². The molecule has 1 heterocycles. The number of benzene rings is 1. The van der Waals surface area contributed by atoms with Crippen LogP contribution in [-0.4, -0.2) is 9.91 Å². The molecule has 0 aliphatic heterocycles. The molecule has 0 spiro atoms. The predicted molar refractivity (Wildman–Crippen MR) is 70.8 cm³/mol. The summed E-state index contributed by atoms with van der Waals surface area (Å²) in [6.07, 6.45) is 1.74. The van der Waals surface area contributed by atoms with Gasteiger partial charge in [0.25, 0.3) is 5.69 Å². The molecule has 5 nitrogen and oxygen atoms in total. The van der Waals surface area contributed by atoms with E-state index in [0.29, 0.717) is 23.7 Å². The van der Waals surface area contributed by atoms with Crippen LogP contribution in [0.3, 0.4) is 0 Å². The Morgan fingerprint density at radius 1 is 1.44 bits per heavy atom. The lowest BCUT2D eigenvalue weighted by molar-refractivity contribution is -0.384. The third kappa shape index (κ3) is 3.25. The molecule has 0 fully saturated rings. The fourth-order valence-electron chi connectivity index (χ4n) is 1.45. The van der Waals surface area contributed by atoms with Crippen molar-refractivity contribution < 1.29 is 4.92 Å². The number of nitro groups is 1. The van der Waals surface area contributed by atoms with Crippen LogP contribution in [0.15, 0.2) is 29.8 Å². The fourth-order valence-corrected chi connectivity index (χ4v) is 2.22. The van der Waals surface area contributed by atoms with Crippen molar-refractivity contribution >= 4 is 28.6 Å². The van der Waals surface area contributed by atoms with Gasteiger partial charge in [-0.3, -0.25) is 10.1 Å². The third-order valence-electron chi connectivity index (χ3n) is 2.32. The quantitative estimate of drug-likeness (QED) is 0.676. The number of hydrogen-bond donors (Lipinski definition) is 1. The van der Waals surface area contributed by atoms with Crippen LogP contribution in [0.5, 0.6) is 0 Å². The maximum absolute atomic E-state index is 10.7. The van der Waals surface area contributed by atoms with Crippen molar-refractivity contribution in [2.45, 2.75) is 13.1 Å². The van der Waals surface area contributed by atoms with E-state index in [4.69, 9.17) is 11.6 Å². The van der Waals surface area contributed by atoms with E-state index >= 15 is 0 Å². The van der Waals surface area contributed by atoms with Crippen molar-refractivity contribution in [3.8, 4) is 0 Å². The van der Waals surface area contributed by atoms with Gasteiger partial charge in [0, 0.05) is 41.8 Å². The zero-order valence-electron chi connectivity index (χ0n) is 9.30. The standard InChI is InChI=1S/C11H10ClN3O2S/c12-10-2-1-9(15(16)17)5-8(10)6-13-7-11-14-3-4-18-11/h1-5,13H,6-7H2. The number of aromatic nitrogens is 1. The first-order valence-corrected chi connectivity index (χ1v) is 6.44. The van der Waals surface area contributed by atoms with Gasteiger partial charge in [0.05, 0.1) is 4.92 Å². The Balaban J connectivity index is 2.00. The van der Waals surface area contributed by atoms with Crippen LogP contribution in [0.25, 0.3) is 0 Å². The molecular weight excluding hydrogens is 274 g/mol. The first-order chi connectivity index (χ1) is 8.66. The van der Waals surface area contributed by atoms with Crippen LogP contribution in [0, 0.1) is 10.1 Å². The highest BCUT2D eigenvalue weighted by Gasteiger charge is 2.09. The summed E-state index contributed by atoms with van der Waals surface area (Å²) in [7, 11) is 0. The van der Waals surface area contributed by atoms with E-state index in [-0.39, 0.29) is 5.69 Å². The number of nitro benzene ring substituents is 1. The smallest absolute Gasteiger partial charge is 0.269 e. The number of halogens is 1. The Labute approximate surface area is 113 Å². The Kier molecular flexibility index (Phi) is 4.24. The largest absolute Gasteiger partial charge is 0.306 e. The lowest BCUT2D eigenvalue weighted by Gasteiger charge is -2.05. The van der Waals surface area contributed by atoms with Crippen molar-refractivity contribution in [3.63, 3.8) is 0 Å². The SMILES string of the molecule is O=[N+]([O-])c1ccc(Cl)c(CNCc2nccs2)c1. The highest BCUT2D eigenvalue weighted by atomic mass is 35.5. The van der Waals surface area contributed by atoms with Gasteiger partial charge in [-0.2, -0.15) is 0 Å². The molecule has 18 heavy (non-hydrogen) atoms. The molecule has 7 heteroatoms. The monoisotopic (exact) mass is 283 g/mol. The van der Waals surface area contributed by atoms with Crippen LogP contribution < -0.4 is 5.32 Å². The van der Waals surface area contributed by atoms with Crippen LogP contribution in [0.4, 0.5) is 5.69 Å². The van der Waals surface area contributed by atoms with Gasteiger partial charge in [0.15, 0.2) is 0 Å². The highest BCUT2D eigenvalue weighted by molar-refractivity contribution is 7.09. The number of hydrogen-bond acceptors (Lipinski definition) is 5. The molecule has 0 radical (unpaired) electrons. The molecule has 0 aliphatic carbocycles. The Morgan fingerprint density at radius 2 is 2.28 bits per heavy atom. The van der Waals surface area contributed by atoms with Crippen LogP contribution in [0.1, 0.15) is 10.6 Å². The zero-order valence-corrected chi connectivity index (χ0v) is 10.9. The summed E-state index contributed by atoms with van der Waals surface area (Å²) >= 11 is 7.54. The van der Waals surface area contributed by atoms with Gasteiger partial charge in [0.2, 0.25) is 0 Å². The number of nitrogens with one attached hydrogen (secondary N) is 1. The molecule has 1 aromatic heterocycles. The molecule has 0 bridgehead atoms. The molecule has 0 aliphatic rings. The molecule has 0 saturated carbocycles. The summed E-state index contributed by atoms with van der Waals surface area (Å²) < 4.78 is 0. The van der Waals surface area contributed by atoms with Crippen molar-refractivity contribution in [1.29, 1.82) is 0 Å². The lowest BCUT2D eigenvalue weighted by Crippen LogP contribution is -2.12. The second-order valence-corrected chi connectivity index (χ2v) is 4.95. The van der Waals surface area contributed by atoms with Crippen molar-refractivity contribution in [2.75, 3.05) is 0 Å². The average Bonchev–Trinajstić information content (AvgIpc) is 2.84. The van der Waals surface area contributed by atoms with E-state index in [2.05, 4.69) is 10.3 Å². The van der Waals surface area contributed by atoms with E-state index in [9.17, 15) is 10.1 Å². The van der Waals surface area contributed by atoms with Gasteiger partial charge in [-0.25, -0.2) is 4.98 Å². The van der Waals surface area contributed by atoms with Crippen molar-refractivity contribution in [2.24, 2.45) is 0 Å². The minimum atomic E-state index is -0.430. The van der Waals surface area contributed by atoms with E-state index < -0.39 is 4.92 Å². The Morgan fingerprint density at radius 3 is 2.94 bits per heavy atom. The van der Waals surface area contributed by atoms with E-state index in [1.807, 2.05) is 5.38 Å². The first kappa shape index (κ1) is 12.9. The minimum absolute atomic E-state index is 0.0467. The van der Waals surface area contributed by atoms with Gasteiger partial charge in [-0.05, 0) is 11.6 Å². The average molecular weight is 284 g/mol. The van der Waals surface area contributed by atoms with Crippen LogP contribution >= 0.6 is 22.9 Å². The molecular formula is C11H10ClN3O2S. The van der Waals surface area contributed by atoms with Crippen molar-refractivity contribution in [3.05, 3.63) is 55.5 Å². The maximum atomic E-state index is 10.7. The minimum Gasteiger partial charge on any atom is -0.306 e. The molecule has 1 aromatic carbocycles. The van der Waals surface area contributed by atoms with Gasteiger partial charge < -0.3 is 5.32 Å². The van der Waals surface area contributed by atoms with E-state index in [1.54, 1.807) is 23.6 Å². The Hall–Kier alpha value is -1.50. The zero-order chi connectivity index (χ0) is 13.0. The van der Waals surface area contributed by atoms with Crippen LogP contribution in [0.2, 0.25) is 5.02 Å². The molecule has 0 saturated heterocycles. The number of nitrogens with zero attached hydrogens (tertiary/aromatic N) is 2. The predicted octanol–water partition coefficient (Wildman–Crippen LogP) is 2.99. The second-order valence-electron chi connectivity index (χ2n) is 3.56. The normalized spacial score (nSPS) is 10.5. The summed E-state index contributed by atoms with van der Waals surface area (Å²) in [5.41, 5.74) is 0.757. The molecule has 0 atom stereocenters. The third-order valence-corrected chi connectivity index (χ3v) is 3.46. The molecule has 2 aromatic rings. The lowest BCUT2D eigenvalue weighted by atomic mass is 10.2. The van der Waals surface area contributed by atoms with Gasteiger partial charge in [0.1, 0.15) is 5.01 Å². The number of thiazole rings is 1. The summed E-state index contributed by atoms with van der Waals surface area (Å²) in [6.45, 7) is 1.09. The van der Waals surface area contributed by atoms with Gasteiger partial charge in [-0.15, -0.1) is 11.3 Å². The molecule has 1 N–H and O–H groups in total. The first-order valence-electron chi connectivity index (χ1n) is 5.18. The molecule has 2 rings (SSSR count). The summed E-state index contributed by atoms with van der Waals surface area (Å²) in [5.74, 6) is 0. The summed E-state index contributed by atoms with van der Waals surface area (Å²) in [6, 6.07) is 4.42. The van der Waals surface area contributed by atoms with E-state index in [1.165, 1.54) is 12.1 Å². The Bertz CT molecular complexity index is 545. The topological polar surface area (TPSA) is 68.1 Å². The molecule has 94 valence electrons. The highest BCUT2D eigenvalue weighted by Crippen LogP contribution is 2.21. The number of rotatable bonds is 5. The number of non-ortho nitro benzene ring substituents is 1. The summed E-state index contributed by atoms with van der Waals surface area (Å²) in [4.78, 5) is 14.4. The fraction of sp³-hybridized carbons (Fsp3) is 0.182. The van der Waals surface area contributed by atoms with Gasteiger partial charge >= 0.3 is 0 Å². The van der Waals surface area contributed by atoms with Crippen LogP contribution in [-0.2, 0) is 13.1 Å². The second kappa shape index (κ2) is 5.90. The van der Waals surface area contributed by atoms with Crippen molar-refractivity contribution in [1.82, 2.24) is 10.3 Å².